The maximum atomic E-state index is 14.0. The van der Waals surface area contributed by atoms with Crippen LogP contribution in [0.1, 0.15) is 6.92 Å². The molecule has 0 saturated carbocycles. The zero-order valence-corrected chi connectivity index (χ0v) is 12.5. The van der Waals surface area contributed by atoms with Gasteiger partial charge in [0.2, 0.25) is 5.88 Å². The van der Waals surface area contributed by atoms with Crippen LogP contribution in [0.2, 0.25) is 0 Å². The lowest BCUT2D eigenvalue weighted by atomic mass is 10.2. The fourth-order valence-corrected chi connectivity index (χ4v) is 2.39. The van der Waals surface area contributed by atoms with Crippen LogP contribution in [0.3, 0.4) is 0 Å². The van der Waals surface area contributed by atoms with Crippen LogP contribution in [0.4, 0.5) is 8.78 Å². The highest BCUT2D eigenvalue weighted by molar-refractivity contribution is 9.10. The van der Waals surface area contributed by atoms with Crippen LogP contribution in [0.5, 0.6) is 5.88 Å². The van der Waals surface area contributed by atoms with E-state index in [0.29, 0.717) is 28.1 Å². The second kappa shape index (κ2) is 5.40. The molecule has 1 N–H and O–H groups in total. The molecule has 4 nitrogen and oxygen atoms in total. The molecule has 108 valence electrons. The van der Waals surface area contributed by atoms with E-state index in [1.165, 1.54) is 12.1 Å². The average molecular weight is 354 g/mol. The van der Waals surface area contributed by atoms with Crippen molar-refractivity contribution in [3.05, 3.63) is 40.4 Å². The highest BCUT2D eigenvalue weighted by Gasteiger charge is 2.17. The third kappa shape index (κ3) is 2.61. The number of ether oxygens (including phenoxy) is 1. The SMILES string of the molecule is CCOc1ccc2[nH]c(-c3c(F)cc(Br)cc3F)nc2n1. The van der Waals surface area contributed by atoms with E-state index in [2.05, 4.69) is 30.9 Å². The fourth-order valence-electron chi connectivity index (χ4n) is 1.99. The number of H-pyrrole nitrogens is 1. The Balaban J connectivity index is 2.13. The van der Waals surface area contributed by atoms with E-state index in [1.54, 1.807) is 12.1 Å². The first-order valence-corrected chi connectivity index (χ1v) is 7.02. The molecule has 0 unspecified atom stereocenters. The lowest BCUT2D eigenvalue weighted by Crippen LogP contribution is -1.94. The van der Waals surface area contributed by atoms with Crippen LogP contribution >= 0.6 is 15.9 Å². The summed E-state index contributed by atoms with van der Waals surface area (Å²) in [6, 6.07) is 5.75. The molecule has 0 atom stereocenters. The van der Waals surface area contributed by atoms with E-state index in [1.807, 2.05) is 6.92 Å². The third-order valence-electron chi connectivity index (χ3n) is 2.86. The molecule has 0 saturated heterocycles. The number of halogens is 3. The topological polar surface area (TPSA) is 50.8 Å². The van der Waals surface area contributed by atoms with Gasteiger partial charge in [0.15, 0.2) is 5.65 Å². The summed E-state index contributed by atoms with van der Waals surface area (Å²) in [6.45, 7) is 2.32. The van der Waals surface area contributed by atoms with Crippen molar-refractivity contribution in [1.82, 2.24) is 15.0 Å². The molecule has 3 rings (SSSR count). The number of nitrogens with one attached hydrogen (secondary N) is 1. The van der Waals surface area contributed by atoms with Gasteiger partial charge >= 0.3 is 0 Å². The summed E-state index contributed by atoms with van der Waals surface area (Å²) in [5, 5.41) is 0. The van der Waals surface area contributed by atoms with Gasteiger partial charge in [0, 0.05) is 10.5 Å². The van der Waals surface area contributed by atoms with E-state index in [0.717, 1.165) is 0 Å². The van der Waals surface area contributed by atoms with Crippen molar-refractivity contribution in [2.75, 3.05) is 6.61 Å². The van der Waals surface area contributed by atoms with E-state index >= 15 is 0 Å². The largest absolute Gasteiger partial charge is 0.478 e. The molecular formula is C14H10BrF2N3O. The molecule has 2 aromatic heterocycles. The minimum Gasteiger partial charge on any atom is -0.478 e. The standard InChI is InChI=1S/C14H10BrF2N3O/c1-2-21-11-4-3-10-13(19-11)20-14(18-10)12-8(16)5-7(15)6-9(12)17/h3-6H,2H2,1H3,(H,18,19,20). The number of imidazole rings is 1. The minimum atomic E-state index is -0.703. The molecular weight excluding hydrogens is 344 g/mol. The number of pyridine rings is 1. The number of nitrogens with zero attached hydrogens (tertiary/aromatic N) is 2. The smallest absolute Gasteiger partial charge is 0.215 e. The average Bonchev–Trinajstić information content (AvgIpc) is 2.80. The van der Waals surface area contributed by atoms with Gasteiger partial charge < -0.3 is 9.72 Å². The fraction of sp³-hybridized carbons (Fsp3) is 0.143. The van der Waals surface area contributed by atoms with E-state index in [4.69, 9.17) is 4.74 Å². The van der Waals surface area contributed by atoms with Crippen molar-refractivity contribution in [2.45, 2.75) is 6.92 Å². The Kier molecular flexibility index (Phi) is 3.59. The molecule has 0 amide bonds. The minimum absolute atomic E-state index is 0.0913. The predicted octanol–water partition coefficient (Wildman–Crippen LogP) is 4.06. The van der Waals surface area contributed by atoms with Crippen LogP contribution in [0.15, 0.2) is 28.7 Å². The molecule has 0 aliphatic heterocycles. The molecule has 0 aliphatic carbocycles. The lowest BCUT2D eigenvalue weighted by Gasteiger charge is -2.02. The van der Waals surface area contributed by atoms with Crippen molar-refractivity contribution in [1.29, 1.82) is 0 Å². The molecule has 1 aromatic carbocycles. The van der Waals surface area contributed by atoms with Crippen molar-refractivity contribution in [3.63, 3.8) is 0 Å². The quantitative estimate of drug-likeness (QED) is 0.772. The first kappa shape index (κ1) is 13.9. The highest BCUT2D eigenvalue weighted by atomic mass is 79.9. The van der Waals surface area contributed by atoms with Gasteiger partial charge in [-0.15, -0.1) is 0 Å². The summed E-state index contributed by atoms with van der Waals surface area (Å²) in [5.74, 6) is -0.898. The lowest BCUT2D eigenvalue weighted by molar-refractivity contribution is 0.328. The number of rotatable bonds is 3. The Morgan fingerprint density at radius 1 is 1.19 bits per heavy atom. The molecule has 0 spiro atoms. The van der Waals surface area contributed by atoms with Gasteiger partial charge in [0.05, 0.1) is 17.7 Å². The van der Waals surface area contributed by atoms with Gasteiger partial charge in [-0.1, -0.05) is 15.9 Å². The highest BCUT2D eigenvalue weighted by Crippen LogP contribution is 2.28. The molecule has 21 heavy (non-hydrogen) atoms. The molecule has 3 aromatic rings. The van der Waals surface area contributed by atoms with Crippen LogP contribution in [-0.4, -0.2) is 21.6 Å². The number of benzene rings is 1. The summed E-state index contributed by atoms with van der Waals surface area (Å²) >= 11 is 3.04. The van der Waals surface area contributed by atoms with Crippen LogP contribution in [-0.2, 0) is 0 Å². The van der Waals surface area contributed by atoms with Gasteiger partial charge in [-0.2, -0.15) is 4.98 Å². The van der Waals surface area contributed by atoms with Gasteiger partial charge in [0.25, 0.3) is 0 Å². The molecule has 2 heterocycles. The first-order chi connectivity index (χ1) is 10.1. The maximum Gasteiger partial charge on any atom is 0.215 e. The molecule has 7 heteroatoms. The maximum absolute atomic E-state index is 14.0. The van der Waals surface area contributed by atoms with Crippen LogP contribution in [0.25, 0.3) is 22.6 Å². The summed E-state index contributed by atoms with van der Waals surface area (Å²) in [5.41, 5.74) is 0.710. The first-order valence-electron chi connectivity index (χ1n) is 6.23. The van der Waals surface area contributed by atoms with Crippen LogP contribution in [0, 0.1) is 11.6 Å². The zero-order chi connectivity index (χ0) is 15.0. The number of fused-ring (bicyclic) bond motifs is 1. The number of hydrogen-bond donors (Lipinski definition) is 1. The van der Waals surface area contributed by atoms with Crippen molar-refractivity contribution in [3.8, 4) is 17.3 Å². The summed E-state index contributed by atoms with van der Waals surface area (Å²) < 4.78 is 33.5. The van der Waals surface area contributed by atoms with E-state index < -0.39 is 11.6 Å². The number of aromatic nitrogens is 3. The summed E-state index contributed by atoms with van der Waals surface area (Å²) in [7, 11) is 0. The summed E-state index contributed by atoms with van der Waals surface area (Å²) in [6.07, 6.45) is 0. The zero-order valence-electron chi connectivity index (χ0n) is 11.0. The van der Waals surface area contributed by atoms with E-state index in [-0.39, 0.29) is 11.4 Å². The predicted molar refractivity (Wildman–Crippen MR) is 78.1 cm³/mol. The third-order valence-corrected chi connectivity index (χ3v) is 3.31. The molecule has 0 aliphatic rings. The normalized spacial score (nSPS) is 11.0. The van der Waals surface area contributed by atoms with Gasteiger partial charge in [-0.25, -0.2) is 13.8 Å². The van der Waals surface area contributed by atoms with E-state index in [9.17, 15) is 8.78 Å². The number of aromatic amines is 1. The Hall–Kier alpha value is -2.02. The Morgan fingerprint density at radius 3 is 2.57 bits per heavy atom. The van der Waals surface area contributed by atoms with Gasteiger partial charge in [0.1, 0.15) is 17.5 Å². The van der Waals surface area contributed by atoms with Crippen LogP contribution < -0.4 is 4.74 Å². The van der Waals surface area contributed by atoms with Crippen molar-refractivity contribution in [2.24, 2.45) is 0 Å². The number of hydrogen-bond acceptors (Lipinski definition) is 3. The second-order valence-corrected chi connectivity index (χ2v) is 5.20. The van der Waals surface area contributed by atoms with Gasteiger partial charge in [-0.3, -0.25) is 0 Å². The molecule has 0 fully saturated rings. The second-order valence-electron chi connectivity index (χ2n) is 4.28. The monoisotopic (exact) mass is 353 g/mol. The Morgan fingerprint density at radius 2 is 1.90 bits per heavy atom. The van der Waals surface area contributed by atoms with Crippen molar-refractivity contribution >= 4 is 27.1 Å². The van der Waals surface area contributed by atoms with Gasteiger partial charge in [-0.05, 0) is 25.1 Å². The Bertz CT molecular complexity index is 796. The Labute approximate surface area is 127 Å². The summed E-state index contributed by atoms with van der Waals surface area (Å²) in [4.78, 5) is 11.2. The van der Waals surface area contributed by atoms with Crippen molar-refractivity contribution < 1.29 is 13.5 Å². The molecule has 0 radical (unpaired) electrons. The molecule has 0 bridgehead atoms.